The van der Waals surface area contributed by atoms with Gasteiger partial charge in [0.2, 0.25) is 0 Å². The van der Waals surface area contributed by atoms with Crippen LogP contribution in [0.1, 0.15) is 27.1 Å². The van der Waals surface area contributed by atoms with Gasteiger partial charge in [-0.2, -0.15) is 0 Å². The van der Waals surface area contributed by atoms with Crippen molar-refractivity contribution in [2.45, 2.75) is 6.42 Å². The molecule has 0 saturated heterocycles. The monoisotopic (exact) mass is 480 g/mol. The van der Waals surface area contributed by atoms with Gasteiger partial charge in [-0.1, -0.05) is 36.4 Å². The number of hydrogen-bond donors (Lipinski definition) is 0. The van der Waals surface area contributed by atoms with Crippen LogP contribution < -0.4 is 18.1 Å². The Hall–Kier alpha value is -3.34. The first-order valence-electron chi connectivity index (χ1n) is 10.4. The summed E-state index contributed by atoms with van der Waals surface area (Å²) in [6, 6.07) is 21.4. The molecule has 0 fully saturated rings. The Morgan fingerprint density at radius 1 is 0.545 bits per heavy atom. The third kappa shape index (κ3) is 3.56. The van der Waals surface area contributed by atoms with Crippen LogP contribution in [0.4, 0.5) is 0 Å². The number of carbonyl (C=O) groups is 2. The van der Waals surface area contributed by atoms with E-state index >= 15 is 0 Å². The van der Waals surface area contributed by atoms with Crippen LogP contribution in [0.25, 0.3) is 0 Å². The van der Waals surface area contributed by atoms with E-state index in [9.17, 15) is 9.59 Å². The lowest BCUT2D eigenvalue weighted by molar-refractivity contribution is 0.0816. The van der Waals surface area contributed by atoms with Crippen LogP contribution in [0.15, 0.2) is 72.8 Å². The van der Waals surface area contributed by atoms with Gasteiger partial charge in [0.05, 0.1) is 11.1 Å². The normalized spacial score (nSPS) is 21.3. The predicted octanol–water partition coefficient (Wildman–Crippen LogP) is 5.37. The Kier molecular flexibility index (Phi) is 5.05. The van der Waals surface area contributed by atoms with Gasteiger partial charge in [0.25, 0.3) is 11.8 Å². The van der Waals surface area contributed by atoms with E-state index in [2.05, 4.69) is 0 Å². The fourth-order valence-corrected chi connectivity index (χ4v) is 6.66. The summed E-state index contributed by atoms with van der Waals surface area (Å²) >= 11 is 0. The van der Waals surface area contributed by atoms with Crippen molar-refractivity contribution in [1.82, 2.24) is 9.34 Å². The first-order chi connectivity index (χ1) is 16.2. The van der Waals surface area contributed by atoms with Gasteiger partial charge in [0, 0.05) is 13.1 Å². The molecule has 3 aliphatic rings. The molecule has 3 aromatic carbocycles. The van der Waals surface area contributed by atoms with Gasteiger partial charge in [-0.15, -0.1) is 0 Å². The van der Waals surface area contributed by atoms with Crippen molar-refractivity contribution in [2.24, 2.45) is 0 Å². The van der Waals surface area contributed by atoms with E-state index in [4.69, 9.17) is 18.1 Å². The molecule has 2 atom stereocenters. The zero-order valence-electron chi connectivity index (χ0n) is 17.3. The summed E-state index contributed by atoms with van der Waals surface area (Å²) in [6.45, 7) is 0.714. The molecule has 0 aromatic heterocycles. The van der Waals surface area contributed by atoms with Gasteiger partial charge in [-0.05, 0) is 42.8 Å². The van der Waals surface area contributed by atoms with Crippen molar-refractivity contribution in [3.63, 3.8) is 0 Å². The number of nitrogens with zero attached hydrogens (tertiary/aromatic N) is 2. The quantitative estimate of drug-likeness (QED) is 0.403. The molecule has 3 aromatic rings. The Bertz CT molecular complexity index is 1160. The Balaban J connectivity index is 1.39. The molecule has 8 nitrogen and oxygen atoms in total. The fraction of sp³-hybridized carbons (Fsp3) is 0.130. The Morgan fingerprint density at radius 2 is 0.909 bits per heavy atom. The molecular weight excluding hydrogens is 462 g/mol. The highest BCUT2D eigenvalue weighted by atomic mass is 31.2. The molecule has 3 heterocycles. The van der Waals surface area contributed by atoms with E-state index in [1.165, 1.54) is 0 Å². The minimum atomic E-state index is -1.76. The predicted molar refractivity (Wildman–Crippen MR) is 122 cm³/mol. The standard InChI is InChI=1S/C23H18N2O6P2/c26-22-16-8-1-3-10-18(16)28-32-24(22)14-7-15-25-23(27)17-9-2-4-11-19(17)29-33(25)31-21-13-6-5-12-20(21)30-32/h1-6,8-13H,7,14-15H2. The summed E-state index contributed by atoms with van der Waals surface area (Å²) < 4.78 is 27.8. The number of benzene rings is 3. The van der Waals surface area contributed by atoms with Gasteiger partial charge in [0.1, 0.15) is 11.5 Å². The van der Waals surface area contributed by atoms with Gasteiger partial charge >= 0.3 is 17.1 Å². The maximum absolute atomic E-state index is 13.3. The molecule has 3 aliphatic heterocycles. The molecule has 0 radical (unpaired) electrons. The van der Waals surface area contributed by atoms with Gasteiger partial charge in [-0.25, -0.2) is 0 Å². The van der Waals surface area contributed by atoms with E-state index in [1.807, 2.05) is 24.3 Å². The van der Waals surface area contributed by atoms with Crippen LogP contribution in [-0.2, 0) is 0 Å². The van der Waals surface area contributed by atoms with Crippen molar-refractivity contribution >= 4 is 28.9 Å². The fourth-order valence-electron chi connectivity index (χ4n) is 3.78. The molecule has 0 saturated carbocycles. The summed E-state index contributed by atoms with van der Waals surface area (Å²) in [4.78, 5) is 26.5. The highest BCUT2D eigenvalue weighted by Crippen LogP contribution is 2.55. The van der Waals surface area contributed by atoms with Crippen molar-refractivity contribution in [2.75, 3.05) is 13.1 Å². The molecule has 0 aliphatic carbocycles. The van der Waals surface area contributed by atoms with Gasteiger partial charge in [0.15, 0.2) is 11.5 Å². The number of rotatable bonds is 0. The lowest BCUT2D eigenvalue weighted by Crippen LogP contribution is -2.37. The average molecular weight is 480 g/mol. The van der Waals surface area contributed by atoms with Crippen LogP contribution in [-0.4, -0.2) is 34.2 Å². The second-order valence-electron chi connectivity index (χ2n) is 7.49. The van der Waals surface area contributed by atoms with Crippen molar-refractivity contribution < 1.29 is 27.7 Å². The number of carbonyl (C=O) groups excluding carboxylic acids is 2. The van der Waals surface area contributed by atoms with E-state index in [-0.39, 0.29) is 11.8 Å². The minimum absolute atomic E-state index is 0.158. The summed E-state index contributed by atoms with van der Waals surface area (Å²) in [6.07, 6.45) is 0.509. The summed E-state index contributed by atoms with van der Waals surface area (Å²) in [7, 11) is -3.51. The van der Waals surface area contributed by atoms with Crippen LogP contribution in [0.3, 0.4) is 0 Å². The van der Waals surface area contributed by atoms with E-state index in [1.54, 1.807) is 57.9 Å². The smallest absolute Gasteiger partial charge is 0.419 e. The molecule has 0 N–H and O–H groups in total. The molecular formula is C23H18N2O6P2. The van der Waals surface area contributed by atoms with Crippen molar-refractivity contribution in [1.29, 1.82) is 0 Å². The maximum atomic E-state index is 13.3. The van der Waals surface area contributed by atoms with Crippen LogP contribution in [0.5, 0.6) is 23.0 Å². The lowest BCUT2D eigenvalue weighted by Gasteiger charge is -2.34. The van der Waals surface area contributed by atoms with E-state index in [0.717, 1.165) is 0 Å². The van der Waals surface area contributed by atoms with E-state index < -0.39 is 17.1 Å². The first kappa shape index (κ1) is 20.3. The number of para-hydroxylation sites is 4. The lowest BCUT2D eigenvalue weighted by atomic mass is 10.2. The second-order valence-corrected chi connectivity index (χ2v) is 10.1. The molecule has 6 rings (SSSR count). The Morgan fingerprint density at radius 3 is 1.36 bits per heavy atom. The largest absolute Gasteiger partial charge is 0.422 e. The molecule has 10 heteroatoms. The third-order valence-corrected chi connectivity index (χ3v) is 8.36. The summed E-state index contributed by atoms with van der Waals surface area (Å²) in [5, 5.41) is 0. The van der Waals surface area contributed by atoms with Gasteiger partial charge < -0.3 is 18.1 Å². The molecule has 166 valence electrons. The van der Waals surface area contributed by atoms with Crippen molar-refractivity contribution in [3.8, 4) is 23.0 Å². The average Bonchev–Trinajstić information content (AvgIpc) is 2.86. The number of fused-ring (bicyclic) bond motifs is 5. The zero-order chi connectivity index (χ0) is 22.4. The highest BCUT2D eigenvalue weighted by molar-refractivity contribution is 7.47. The minimum Gasteiger partial charge on any atom is -0.422 e. The highest BCUT2D eigenvalue weighted by Gasteiger charge is 2.42. The maximum Gasteiger partial charge on any atom is 0.419 e. The zero-order valence-corrected chi connectivity index (χ0v) is 19.1. The van der Waals surface area contributed by atoms with Crippen LogP contribution in [0.2, 0.25) is 0 Å². The topological polar surface area (TPSA) is 77.5 Å². The molecule has 0 spiro atoms. The van der Waals surface area contributed by atoms with Gasteiger partial charge in [-0.3, -0.25) is 18.9 Å². The third-order valence-electron chi connectivity index (χ3n) is 5.39. The SMILES string of the molecule is O=C1c2ccccc2OP2Oc3ccccc3OP3Oc4ccccc4C(=O)N3CCCN12. The number of amides is 2. The van der Waals surface area contributed by atoms with Crippen molar-refractivity contribution in [3.05, 3.63) is 83.9 Å². The van der Waals surface area contributed by atoms with Crippen LogP contribution >= 0.6 is 17.1 Å². The first-order valence-corrected chi connectivity index (χ1v) is 12.7. The number of hydrogen-bond acceptors (Lipinski definition) is 6. The molecule has 2 unspecified atom stereocenters. The second kappa shape index (κ2) is 8.22. The van der Waals surface area contributed by atoms with Crippen LogP contribution in [0, 0.1) is 0 Å². The molecule has 0 bridgehead atoms. The molecule has 33 heavy (non-hydrogen) atoms. The van der Waals surface area contributed by atoms with E-state index in [0.29, 0.717) is 53.6 Å². The molecule has 2 amide bonds. The summed E-state index contributed by atoms with van der Waals surface area (Å²) in [5.41, 5.74) is 0.987. The Labute approximate surface area is 192 Å². The summed E-state index contributed by atoms with van der Waals surface area (Å²) in [5.74, 6) is 1.51.